The van der Waals surface area contributed by atoms with E-state index in [0.717, 1.165) is 35.9 Å². The fourth-order valence-corrected chi connectivity index (χ4v) is 3.22. The third kappa shape index (κ3) is 2.44. The van der Waals surface area contributed by atoms with Gasteiger partial charge in [-0.2, -0.15) is 0 Å². The Morgan fingerprint density at radius 1 is 1.24 bits per heavy atom. The predicted octanol–water partition coefficient (Wildman–Crippen LogP) is 3.22. The van der Waals surface area contributed by atoms with Gasteiger partial charge in [0.25, 0.3) is 0 Å². The van der Waals surface area contributed by atoms with Crippen LogP contribution >= 0.6 is 0 Å². The summed E-state index contributed by atoms with van der Waals surface area (Å²) in [6.07, 6.45) is 5.88. The number of ether oxygens (including phenoxy) is 2. The van der Waals surface area contributed by atoms with Crippen molar-refractivity contribution in [1.82, 2.24) is 4.98 Å². The summed E-state index contributed by atoms with van der Waals surface area (Å²) in [7, 11) is 1.69. The van der Waals surface area contributed by atoms with Crippen LogP contribution in [0.2, 0.25) is 0 Å². The quantitative estimate of drug-likeness (QED) is 0.936. The Kier molecular flexibility index (Phi) is 3.19. The van der Waals surface area contributed by atoms with E-state index >= 15 is 0 Å². The van der Waals surface area contributed by atoms with Gasteiger partial charge in [0, 0.05) is 18.2 Å². The summed E-state index contributed by atoms with van der Waals surface area (Å²) < 4.78 is 11.2. The molecule has 2 unspecified atom stereocenters. The predicted molar refractivity (Wildman–Crippen MR) is 82.8 cm³/mol. The molecular formula is C17H20N2O2. The number of anilines is 1. The van der Waals surface area contributed by atoms with E-state index in [2.05, 4.69) is 16.4 Å². The highest BCUT2D eigenvalue weighted by atomic mass is 16.5. The molecule has 1 N–H and O–H groups in total. The zero-order chi connectivity index (χ0) is 14.2. The Labute approximate surface area is 124 Å². The van der Waals surface area contributed by atoms with E-state index in [1.54, 1.807) is 7.11 Å². The fraction of sp³-hybridized carbons (Fsp3) is 0.471. The number of pyridine rings is 1. The van der Waals surface area contributed by atoms with Crippen LogP contribution < -0.4 is 10.1 Å². The lowest BCUT2D eigenvalue weighted by atomic mass is 10.1. The monoisotopic (exact) mass is 284 g/mol. The number of benzene rings is 1. The first-order valence-electron chi connectivity index (χ1n) is 7.66. The second-order valence-electron chi connectivity index (χ2n) is 5.96. The maximum absolute atomic E-state index is 5.90. The van der Waals surface area contributed by atoms with Crippen LogP contribution in [0.5, 0.6) is 5.75 Å². The first-order valence-corrected chi connectivity index (χ1v) is 7.66. The molecule has 1 aromatic heterocycles. The van der Waals surface area contributed by atoms with Crippen LogP contribution in [-0.2, 0) is 4.74 Å². The van der Waals surface area contributed by atoms with Crippen LogP contribution in [0.25, 0.3) is 10.8 Å². The molecule has 0 radical (unpaired) electrons. The molecule has 0 spiro atoms. The lowest BCUT2D eigenvalue weighted by molar-refractivity contribution is 0.0898. The summed E-state index contributed by atoms with van der Waals surface area (Å²) in [5.41, 5.74) is 0. The van der Waals surface area contributed by atoms with E-state index in [4.69, 9.17) is 9.47 Å². The molecule has 1 aliphatic carbocycles. The first kappa shape index (κ1) is 12.9. The van der Waals surface area contributed by atoms with Gasteiger partial charge in [0.1, 0.15) is 11.6 Å². The van der Waals surface area contributed by atoms with Crippen molar-refractivity contribution in [2.24, 2.45) is 5.92 Å². The molecule has 110 valence electrons. The van der Waals surface area contributed by atoms with E-state index < -0.39 is 0 Å². The maximum atomic E-state index is 5.90. The van der Waals surface area contributed by atoms with Gasteiger partial charge >= 0.3 is 0 Å². The standard InChI is InChI=1S/C17H20N2O2/c1-20-13-5-4-11-6-8-18-17(14(11)10-13)19-15-7-9-21-16(15)12-2-3-12/h4-6,8,10,12,15-16H,2-3,7,9H2,1H3,(H,18,19). The molecule has 4 nitrogen and oxygen atoms in total. The minimum atomic E-state index is 0.354. The van der Waals surface area contributed by atoms with Crippen LogP contribution in [0.4, 0.5) is 5.82 Å². The molecule has 0 bridgehead atoms. The van der Waals surface area contributed by atoms with Gasteiger partial charge in [-0.25, -0.2) is 4.98 Å². The normalized spacial score (nSPS) is 25.2. The SMILES string of the molecule is COc1ccc2ccnc(NC3CCOC3C3CC3)c2c1. The summed E-state index contributed by atoms with van der Waals surface area (Å²) in [5, 5.41) is 5.90. The third-order valence-electron chi connectivity index (χ3n) is 4.52. The second kappa shape index (κ2) is 5.19. The lowest BCUT2D eigenvalue weighted by Crippen LogP contribution is -2.31. The Balaban J connectivity index is 1.66. The molecule has 4 rings (SSSR count). The number of nitrogens with zero attached hydrogens (tertiary/aromatic N) is 1. The zero-order valence-corrected chi connectivity index (χ0v) is 12.2. The number of hydrogen-bond donors (Lipinski definition) is 1. The second-order valence-corrected chi connectivity index (χ2v) is 5.96. The van der Waals surface area contributed by atoms with Gasteiger partial charge < -0.3 is 14.8 Å². The van der Waals surface area contributed by atoms with Gasteiger partial charge in [0.05, 0.1) is 19.3 Å². The molecule has 2 aromatic rings. The van der Waals surface area contributed by atoms with E-state index in [9.17, 15) is 0 Å². The average Bonchev–Trinajstić information content (AvgIpc) is 3.27. The summed E-state index contributed by atoms with van der Waals surface area (Å²) in [6, 6.07) is 8.51. The number of nitrogens with one attached hydrogen (secondary N) is 1. The molecule has 1 saturated heterocycles. The van der Waals surface area contributed by atoms with Crippen LogP contribution in [0.1, 0.15) is 19.3 Å². The van der Waals surface area contributed by atoms with Crippen LogP contribution in [0.15, 0.2) is 30.5 Å². The van der Waals surface area contributed by atoms with Crippen LogP contribution in [0, 0.1) is 5.92 Å². The number of methoxy groups -OCH3 is 1. The minimum absolute atomic E-state index is 0.354. The van der Waals surface area contributed by atoms with Crippen LogP contribution in [0.3, 0.4) is 0 Å². The number of fused-ring (bicyclic) bond motifs is 1. The molecule has 1 saturated carbocycles. The molecule has 1 aliphatic heterocycles. The third-order valence-corrected chi connectivity index (χ3v) is 4.52. The fourth-order valence-electron chi connectivity index (χ4n) is 3.22. The van der Waals surface area contributed by atoms with E-state index in [-0.39, 0.29) is 0 Å². The lowest BCUT2D eigenvalue weighted by Gasteiger charge is -2.21. The van der Waals surface area contributed by atoms with Crippen molar-refractivity contribution >= 4 is 16.6 Å². The highest BCUT2D eigenvalue weighted by Crippen LogP contribution is 2.40. The molecule has 2 fully saturated rings. The van der Waals surface area contributed by atoms with Crippen molar-refractivity contribution in [2.45, 2.75) is 31.4 Å². The number of hydrogen-bond acceptors (Lipinski definition) is 4. The van der Waals surface area contributed by atoms with Crippen molar-refractivity contribution < 1.29 is 9.47 Å². The van der Waals surface area contributed by atoms with Crippen molar-refractivity contribution in [1.29, 1.82) is 0 Å². The summed E-state index contributed by atoms with van der Waals surface area (Å²) >= 11 is 0. The van der Waals surface area contributed by atoms with E-state index in [1.165, 1.54) is 18.2 Å². The topological polar surface area (TPSA) is 43.4 Å². The summed E-state index contributed by atoms with van der Waals surface area (Å²) in [6.45, 7) is 0.854. The molecule has 0 amide bonds. The molecule has 2 heterocycles. The largest absolute Gasteiger partial charge is 0.497 e. The smallest absolute Gasteiger partial charge is 0.134 e. The average molecular weight is 284 g/mol. The van der Waals surface area contributed by atoms with Crippen molar-refractivity contribution in [3.05, 3.63) is 30.5 Å². The van der Waals surface area contributed by atoms with Gasteiger partial charge in [0.15, 0.2) is 0 Å². The first-order chi connectivity index (χ1) is 10.3. The molecule has 2 atom stereocenters. The highest BCUT2D eigenvalue weighted by molar-refractivity contribution is 5.92. The highest BCUT2D eigenvalue weighted by Gasteiger charge is 2.40. The molecule has 2 aliphatic rings. The minimum Gasteiger partial charge on any atom is -0.497 e. The Morgan fingerprint density at radius 3 is 2.95 bits per heavy atom. The van der Waals surface area contributed by atoms with E-state index in [1.807, 2.05) is 24.4 Å². The number of rotatable bonds is 4. The Hall–Kier alpha value is -1.81. The van der Waals surface area contributed by atoms with Crippen LogP contribution in [-0.4, -0.2) is 30.8 Å². The van der Waals surface area contributed by atoms with Gasteiger partial charge in [-0.3, -0.25) is 0 Å². The molecular weight excluding hydrogens is 264 g/mol. The Bertz CT molecular complexity index is 654. The summed E-state index contributed by atoms with van der Waals surface area (Å²) in [4.78, 5) is 4.54. The van der Waals surface area contributed by atoms with Gasteiger partial charge in [-0.05, 0) is 48.8 Å². The van der Waals surface area contributed by atoms with Crippen molar-refractivity contribution in [3.8, 4) is 5.75 Å². The van der Waals surface area contributed by atoms with Crippen molar-refractivity contribution in [2.75, 3.05) is 19.0 Å². The van der Waals surface area contributed by atoms with Gasteiger partial charge in [-0.15, -0.1) is 0 Å². The van der Waals surface area contributed by atoms with Crippen molar-refractivity contribution in [3.63, 3.8) is 0 Å². The van der Waals surface area contributed by atoms with E-state index in [0.29, 0.717) is 12.1 Å². The summed E-state index contributed by atoms with van der Waals surface area (Å²) in [5.74, 6) is 2.54. The maximum Gasteiger partial charge on any atom is 0.134 e. The number of aromatic nitrogens is 1. The molecule has 1 aromatic carbocycles. The van der Waals surface area contributed by atoms with Gasteiger partial charge in [-0.1, -0.05) is 6.07 Å². The van der Waals surface area contributed by atoms with Gasteiger partial charge in [0.2, 0.25) is 0 Å². The molecule has 21 heavy (non-hydrogen) atoms. The Morgan fingerprint density at radius 2 is 2.14 bits per heavy atom. The molecule has 4 heteroatoms. The zero-order valence-electron chi connectivity index (χ0n) is 12.2.